The lowest BCUT2D eigenvalue weighted by molar-refractivity contribution is -0.132. The Hall–Kier alpha value is -1.49. The Kier molecular flexibility index (Phi) is 5.49. The number of carbonyl (C=O) groups is 1. The Morgan fingerprint density at radius 2 is 2.08 bits per heavy atom. The Labute approximate surface area is 147 Å². The Bertz CT molecular complexity index is 723. The number of para-hydroxylation sites is 1. The van der Waals surface area contributed by atoms with E-state index in [-0.39, 0.29) is 11.8 Å². The highest BCUT2D eigenvalue weighted by molar-refractivity contribution is 7.94. The molecule has 0 N–H and O–H groups in total. The number of fused-ring (bicyclic) bond motifs is 3. The predicted octanol–water partition coefficient (Wildman–Crippen LogP) is 4.55. The normalized spacial score (nSPS) is 17.0. The molecule has 5 heteroatoms. The van der Waals surface area contributed by atoms with Crippen LogP contribution in [-0.4, -0.2) is 34.2 Å². The summed E-state index contributed by atoms with van der Waals surface area (Å²) >= 11 is 0.382. The number of nitrogens with zero attached hydrogens (tertiary/aromatic N) is 2. The molecule has 0 saturated carbocycles. The van der Waals surface area contributed by atoms with Crippen molar-refractivity contribution < 1.29 is 8.68 Å². The molecule has 1 aromatic carbocycles. The van der Waals surface area contributed by atoms with Crippen molar-refractivity contribution in [2.24, 2.45) is 0 Å². The second-order valence-corrected chi connectivity index (χ2v) is 6.92. The fourth-order valence-electron chi connectivity index (χ4n) is 4.04. The van der Waals surface area contributed by atoms with Crippen LogP contribution in [0.2, 0.25) is 0 Å². The van der Waals surface area contributed by atoms with Gasteiger partial charge in [-0.05, 0) is 44.7 Å². The van der Waals surface area contributed by atoms with Gasteiger partial charge in [-0.2, -0.15) is 3.89 Å². The molecule has 0 unspecified atom stereocenters. The lowest BCUT2D eigenvalue weighted by atomic mass is 9.84. The maximum atomic E-state index is 13.0. The van der Waals surface area contributed by atoms with E-state index in [9.17, 15) is 8.68 Å². The van der Waals surface area contributed by atoms with E-state index in [1.54, 1.807) is 0 Å². The van der Waals surface area contributed by atoms with Crippen molar-refractivity contribution in [2.45, 2.75) is 45.6 Å². The van der Waals surface area contributed by atoms with Crippen molar-refractivity contribution in [1.82, 2.24) is 9.47 Å². The summed E-state index contributed by atoms with van der Waals surface area (Å²) < 4.78 is 14.9. The second kappa shape index (κ2) is 7.60. The first-order valence-electron chi connectivity index (χ1n) is 8.85. The third kappa shape index (κ3) is 2.94. The number of aryl methyl sites for hydroxylation is 1. The van der Waals surface area contributed by atoms with Crippen LogP contribution in [0.25, 0.3) is 10.9 Å². The first-order valence-corrected chi connectivity index (χ1v) is 9.73. The first kappa shape index (κ1) is 17.3. The third-order valence-electron chi connectivity index (χ3n) is 5.14. The summed E-state index contributed by atoms with van der Waals surface area (Å²) in [6.07, 6.45) is 2.90. The van der Waals surface area contributed by atoms with E-state index in [0.717, 1.165) is 37.9 Å². The zero-order chi connectivity index (χ0) is 17.1. The number of hydrogen-bond acceptors (Lipinski definition) is 2. The van der Waals surface area contributed by atoms with Crippen LogP contribution in [0.5, 0.6) is 0 Å². The van der Waals surface area contributed by atoms with Crippen molar-refractivity contribution in [3.63, 3.8) is 0 Å². The van der Waals surface area contributed by atoms with Crippen LogP contribution in [0.1, 0.15) is 43.9 Å². The summed E-state index contributed by atoms with van der Waals surface area (Å²) in [5, 5.41) is 1.17. The largest absolute Gasteiger partial charge is 0.343 e. The van der Waals surface area contributed by atoms with E-state index in [1.807, 2.05) is 30.9 Å². The van der Waals surface area contributed by atoms with Gasteiger partial charge in [0.15, 0.2) is 0 Å². The summed E-state index contributed by atoms with van der Waals surface area (Å²) in [6.45, 7) is 6.22. The molecule has 0 aliphatic heterocycles. The third-order valence-corrected chi connectivity index (χ3v) is 5.48. The smallest absolute Gasteiger partial charge is 0.230 e. The molecule has 0 radical (unpaired) electrons. The Morgan fingerprint density at radius 1 is 1.33 bits per heavy atom. The molecular weight excluding hydrogens is 323 g/mol. The van der Waals surface area contributed by atoms with Crippen LogP contribution in [0.3, 0.4) is 0 Å². The highest BCUT2D eigenvalue weighted by Crippen LogP contribution is 2.40. The Morgan fingerprint density at radius 3 is 2.79 bits per heavy atom. The average molecular weight is 348 g/mol. The van der Waals surface area contributed by atoms with Gasteiger partial charge in [-0.25, -0.2) is 0 Å². The van der Waals surface area contributed by atoms with E-state index in [1.165, 1.54) is 16.6 Å². The van der Waals surface area contributed by atoms with Gasteiger partial charge in [0.25, 0.3) is 0 Å². The monoisotopic (exact) mass is 348 g/mol. The number of aromatic nitrogens is 1. The molecule has 24 heavy (non-hydrogen) atoms. The molecule has 3 rings (SSSR count). The lowest BCUT2D eigenvalue weighted by Gasteiger charge is -2.29. The van der Waals surface area contributed by atoms with Gasteiger partial charge in [-0.15, -0.1) is 0 Å². The van der Waals surface area contributed by atoms with Gasteiger partial charge < -0.3 is 9.47 Å². The van der Waals surface area contributed by atoms with Crippen LogP contribution < -0.4 is 0 Å². The molecule has 0 bridgehead atoms. The van der Waals surface area contributed by atoms with Crippen LogP contribution in [0, 0.1) is 0 Å². The highest BCUT2D eigenvalue weighted by Gasteiger charge is 2.33. The van der Waals surface area contributed by atoms with Gasteiger partial charge in [0.05, 0.1) is 5.92 Å². The number of likely N-dealkylation sites (N-methyl/N-ethyl adjacent to an activating group) is 1. The van der Waals surface area contributed by atoms with Gasteiger partial charge in [-0.1, -0.05) is 18.2 Å². The molecule has 1 aliphatic carbocycles. The topological polar surface area (TPSA) is 25.2 Å². The number of amides is 1. The molecule has 1 heterocycles. The molecule has 2 aromatic rings. The van der Waals surface area contributed by atoms with E-state index in [2.05, 4.69) is 16.7 Å². The van der Waals surface area contributed by atoms with Gasteiger partial charge >= 0.3 is 0 Å². The van der Waals surface area contributed by atoms with Gasteiger partial charge in [-0.3, -0.25) is 4.79 Å². The summed E-state index contributed by atoms with van der Waals surface area (Å²) in [5.74, 6) is 0.626. The molecule has 130 valence electrons. The zero-order valence-corrected chi connectivity index (χ0v) is 15.2. The minimum absolute atomic E-state index is 0.0576. The maximum absolute atomic E-state index is 13.0. The van der Waals surface area contributed by atoms with E-state index >= 15 is 0 Å². The minimum Gasteiger partial charge on any atom is -0.343 e. The highest BCUT2D eigenvalue weighted by atomic mass is 32.2. The summed E-state index contributed by atoms with van der Waals surface area (Å²) in [6, 6.07) is 8.26. The van der Waals surface area contributed by atoms with E-state index < -0.39 is 0 Å². The Balaban J connectivity index is 2.11. The maximum Gasteiger partial charge on any atom is 0.230 e. The quantitative estimate of drug-likeness (QED) is 0.765. The SMILES string of the molecule is CCN(CC)C(=O)[C@H]1CCCc2c1c1ccccc1n2CCSF. The number of hydrogen-bond donors (Lipinski definition) is 0. The van der Waals surface area contributed by atoms with Crippen molar-refractivity contribution >= 4 is 29.0 Å². The van der Waals surface area contributed by atoms with Gasteiger partial charge in [0, 0.05) is 54.1 Å². The first-order chi connectivity index (χ1) is 11.7. The molecule has 0 saturated heterocycles. The van der Waals surface area contributed by atoms with Crippen molar-refractivity contribution in [2.75, 3.05) is 18.8 Å². The zero-order valence-electron chi connectivity index (χ0n) is 14.4. The molecular formula is C19H25FN2OS. The number of halogens is 1. The van der Waals surface area contributed by atoms with E-state index in [4.69, 9.17) is 0 Å². The summed E-state index contributed by atoms with van der Waals surface area (Å²) in [5.41, 5.74) is 3.57. The molecule has 3 nitrogen and oxygen atoms in total. The lowest BCUT2D eigenvalue weighted by Crippen LogP contribution is -2.36. The van der Waals surface area contributed by atoms with Crippen molar-refractivity contribution in [1.29, 1.82) is 0 Å². The summed E-state index contributed by atoms with van der Waals surface area (Å²) in [4.78, 5) is 15.0. The predicted molar refractivity (Wildman–Crippen MR) is 99.1 cm³/mol. The molecule has 1 aliphatic rings. The van der Waals surface area contributed by atoms with Crippen LogP contribution >= 0.6 is 12.1 Å². The van der Waals surface area contributed by atoms with Gasteiger partial charge in [0.1, 0.15) is 0 Å². The standard InChI is InChI=1S/C19H25FN2OS/c1-3-21(4-2)19(23)15-9-7-11-17-18(15)14-8-5-6-10-16(14)22(17)12-13-24-20/h5-6,8,10,15H,3-4,7,9,11-13H2,1-2H3/t15-/m0/s1. The van der Waals surface area contributed by atoms with Gasteiger partial charge in [0.2, 0.25) is 5.91 Å². The van der Waals surface area contributed by atoms with Crippen LogP contribution in [0.15, 0.2) is 24.3 Å². The molecule has 0 fully saturated rings. The molecule has 0 spiro atoms. The van der Waals surface area contributed by atoms with Crippen molar-refractivity contribution in [3.05, 3.63) is 35.5 Å². The van der Waals surface area contributed by atoms with E-state index in [0.29, 0.717) is 24.4 Å². The minimum atomic E-state index is -0.0576. The van der Waals surface area contributed by atoms with Crippen molar-refractivity contribution in [3.8, 4) is 0 Å². The number of rotatable bonds is 6. The fraction of sp³-hybridized carbons (Fsp3) is 0.526. The molecule has 1 aromatic heterocycles. The molecule has 1 atom stereocenters. The fourth-order valence-corrected chi connectivity index (χ4v) is 4.29. The second-order valence-electron chi connectivity index (χ2n) is 6.30. The van der Waals surface area contributed by atoms with Crippen LogP contribution in [-0.2, 0) is 17.8 Å². The number of benzene rings is 1. The van der Waals surface area contributed by atoms with Crippen LogP contribution in [0.4, 0.5) is 3.89 Å². The average Bonchev–Trinajstić information content (AvgIpc) is 2.95. The number of carbonyl (C=O) groups excluding carboxylic acids is 1. The summed E-state index contributed by atoms with van der Waals surface area (Å²) in [7, 11) is 0. The molecule has 1 amide bonds.